The van der Waals surface area contributed by atoms with Gasteiger partial charge in [0.25, 0.3) is 10.0 Å². The average molecular weight is 400 g/mol. The van der Waals surface area contributed by atoms with E-state index >= 15 is 0 Å². The number of aromatic carboxylic acids is 1. The van der Waals surface area contributed by atoms with Gasteiger partial charge in [-0.1, -0.05) is 17.7 Å². The highest BCUT2D eigenvalue weighted by molar-refractivity contribution is 7.92. The van der Waals surface area contributed by atoms with E-state index < -0.39 is 22.0 Å². The van der Waals surface area contributed by atoms with Crippen molar-refractivity contribution in [2.45, 2.75) is 11.3 Å². The first-order valence-corrected chi connectivity index (χ1v) is 8.94. The summed E-state index contributed by atoms with van der Waals surface area (Å²) in [6.07, 6.45) is -0.381. The Morgan fingerprint density at radius 2 is 1.85 bits per heavy atom. The standard InChI is InChI=1S/C16H14ClNO7S/c1-25-13-5-2-9(7-15(19)20)6-14(13)26(23,24)18-12-4-3-10(17)8-11(12)16(21)22/h2-6,8,18H,7H2,1H3,(H,19,20)(H,21,22). The SMILES string of the molecule is COc1ccc(CC(=O)O)cc1S(=O)(=O)Nc1ccc(Cl)cc1C(=O)O. The Morgan fingerprint density at radius 3 is 2.42 bits per heavy atom. The molecule has 0 saturated carbocycles. The molecule has 0 aliphatic heterocycles. The number of benzene rings is 2. The summed E-state index contributed by atoms with van der Waals surface area (Å²) in [5.41, 5.74) is -0.275. The van der Waals surface area contributed by atoms with Crippen LogP contribution in [0.25, 0.3) is 0 Å². The summed E-state index contributed by atoms with van der Waals surface area (Å²) in [5, 5.41) is 18.2. The molecule has 0 bridgehead atoms. The van der Waals surface area contributed by atoms with Crippen molar-refractivity contribution in [3.8, 4) is 5.75 Å². The molecule has 0 heterocycles. The molecule has 2 aromatic carbocycles. The number of rotatable bonds is 7. The molecule has 0 aromatic heterocycles. The van der Waals surface area contributed by atoms with Crippen molar-refractivity contribution >= 4 is 39.3 Å². The highest BCUT2D eigenvalue weighted by Crippen LogP contribution is 2.29. The number of carboxylic acid groups (broad SMARTS) is 2. The van der Waals surface area contributed by atoms with Crippen molar-refractivity contribution in [1.82, 2.24) is 0 Å². The normalized spacial score (nSPS) is 11.0. The second-order valence-electron chi connectivity index (χ2n) is 5.16. The second kappa shape index (κ2) is 7.63. The van der Waals surface area contributed by atoms with Gasteiger partial charge in [0.2, 0.25) is 0 Å². The smallest absolute Gasteiger partial charge is 0.337 e. The first-order chi connectivity index (χ1) is 12.1. The van der Waals surface area contributed by atoms with Gasteiger partial charge in [0.1, 0.15) is 10.6 Å². The summed E-state index contributed by atoms with van der Waals surface area (Å²) in [7, 11) is -3.00. The third kappa shape index (κ3) is 4.44. The van der Waals surface area contributed by atoms with Crippen molar-refractivity contribution in [1.29, 1.82) is 0 Å². The molecule has 0 saturated heterocycles. The fraction of sp³-hybridized carbons (Fsp3) is 0.125. The molecule has 8 nitrogen and oxygen atoms in total. The minimum Gasteiger partial charge on any atom is -0.495 e. The van der Waals surface area contributed by atoms with Crippen LogP contribution in [0.4, 0.5) is 5.69 Å². The summed E-state index contributed by atoms with van der Waals surface area (Å²) in [4.78, 5) is 21.8. The van der Waals surface area contributed by atoms with Crippen molar-refractivity contribution in [2.75, 3.05) is 11.8 Å². The Labute approximate surface area is 154 Å². The molecule has 0 aliphatic rings. The Hall–Kier alpha value is -2.78. The first kappa shape index (κ1) is 19.5. The number of ether oxygens (including phenoxy) is 1. The fourth-order valence-electron chi connectivity index (χ4n) is 2.20. The zero-order valence-electron chi connectivity index (χ0n) is 13.4. The average Bonchev–Trinajstić information content (AvgIpc) is 2.55. The van der Waals surface area contributed by atoms with Crippen LogP contribution in [0.1, 0.15) is 15.9 Å². The molecule has 0 aliphatic carbocycles. The van der Waals surface area contributed by atoms with Crippen LogP contribution in [-0.4, -0.2) is 37.7 Å². The highest BCUT2D eigenvalue weighted by Gasteiger charge is 2.23. The van der Waals surface area contributed by atoms with E-state index in [1.54, 1.807) is 0 Å². The Bertz CT molecular complexity index is 973. The molecule has 2 rings (SSSR count). The van der Waals surface area contributed by atoms with Crippen LogP contribution in [0.2, 0.25) is 5.02 Å². The predicted octanol–water partition coefficient (Wildman–Crippen LogP) is 2.47. The second-order valence-corrected chi connectivity index (χ2v) is 7.24. The summed E-state index contributed by atoms with van der Waals surface area (Å²) in [6.45, 7) is 0. The Kier molecular flexibility index (Phi) is 5.73. The summed E-state index contributed by atoms with van der Waals surface area (Å²) < 4.78 is 32.6. The van der Waals surface area contributed by atoms with Gasteiger partial charge in [0.15, 0.2) is 0 Å². The Morgan fingerprint density at radius 1 is 1.15 bits per heavy atom. The van der Waals surface area contributed by atoms with E-state index in [2.05, 4.69) is 4.72 Å². The molecule has 0 atom stereocenters. The number of hydrogen-bond donors (Lipinski definition) is 3. The van der Waals surface area contributed by atoms with Gasteiger partial charge in [-0.15, -0.1) is 0 Å². The zero-order valence-corrected chi connectivity index (χ0v) is 15.0. The summed E-state index contributed by atoms with van der Waals surface area (Å²) >= 11 is 5.75. The maximum Gasteiger partial charge on any atom is 0.337 e. The summed E-state index contributed by atoms with van der Waals surface area (Å²) in [5.74, 6) is -2.51. The number of nitrogens with one attached hydrogen (secondary N) is 1. The van der Waals surface area contributed by atoms with E-state index in [9.17, 15) is 23.1 Å². The van der Waals surface area contributed by atoms with Crippen LogP contribution in [0.15, 0.2) is 41.3 Å². The van der Waals surface area contributed by atoms with Crippen LogP contribution in [0, 0.1) is 0 Å². The number of sulfonamides is 1. The van der Waals surface area contributed by atoms with Crippen LogP contribution < -0.4 is 9.46 Å². The van der Waals surface area contributed by atoms with Gasteiger partial charge in [-0.3, -0.25) is 9.52 Å². The molecule has 0 unspecified atom stereocenters. The van der Waals surface area contributed by atoms with Gasteiger partial charge in [-0.2, -0.15) is 0 Å². The first-order valence-electron chi connectivity index (χ1n) is 7.08. The predicted molar refractivity (Wildman–Crippen MR) is 93.6 cm³/mol. The molecule has 0 spiro atoms. The van der Waals surface area contributed by atoms with Crippen molar-refractivity contribution < 1.29 is 33.0 Å². The molecule has 0 radical (unpaired) electrons. The maximum atomic E-state index is 12.7. The zero-order chi connectivity index (χ0) is 19.5. The van der Waals surface area contributed by atoms with E-state index in [1.807, 2.05) is 0 Å². The molecule has 138 valence electrons. The Balaban J connectivity index is 2.51. The van der Waals surface area contributed by atoms with Crippen LogP contribution >= 0.6 is 11.6 Å². The topological polar surface area (TPSA) is 130 Å². The minimum atomic E-state index is -4.26. The molecule has 0 amide bonds. The van der Waals surface area contributed by atoms with E-state index in [0.717, 1.165) is 12.1 Å². The third-order valence-corrected chi connectivity index (χ3v) is 4.95. The van der Waals surface area contributed by atoms with E-state index in [4.69, 9.17) is 21.4 Å². The monoisotopic (exact) mass is 399 g/mol. The number of methoxy groups -OCH3 is 1. The highest BCUT2D eigenvalue weighted by atomic mass is 35.5. The van der Waals surface area contributed by atoms with E-state index in [-0.39, 0.29) is 38.9 Å². The lowest BCUT2D eigenvalue weighted by Gasteiger charge is -2.14. The molecule has 26 heavy (non-hydrogen) atoms. The number of aliphatic carboxylic acids is 1. The third-order valence-electron chi connectivity index (χ3n) is 3.33. The number of carbonyl (C=O) groups is 2. The van der Waals surface area contributed by atoms with Gasteiger partial charge in [0.05, 0.1) is 24.8 Å². The van der Waals surface area contributed by atoms with Crippen molar-refractivity contribution in [3.63, 3.8) is 0 Å². The van der Waals surface area contributed by atoms with Crippen LogP contribution in [0.5, 0.6) is 5.75 Å². The van der Waals surface area contributed by atoms with Gasteiger partial charge < -0.3 is 14.9 Å². The van der Waals surface area contributed by atoms with Gasteiger partial charge in [-0.25, -0.2) is 13.2 Å². The van der Waals surface area contributed by atoms with Gasteiger partial charge in [0, 0.05) is 5.02 Å². The van der Waals surface area contributed by atoms with Gasteiger partial charge >= 0.3 is 11.9 Å². The number of anilines is 1. The lowest BCUT2D eigenvalue weighted by molar-refractivity contribution is -0.136. The fourth-order valence-corrected chi connectivity index (χ4v) is 3.67. The van der Waals surface area contributed by atoms with Gasteiger partial charge in [-0.05, 0) is 35.9 Å². The van der Waals surface area contributed by atoms with Crippen molar-refractivity contribution in [2.24, 2.45) is 0 Å². The summed E-state index contributed by atoms with van der Waals surface area (Å²) in [6, 6.07) is 7.58. The molecule has 3 N–H and O–H groups in total. The molecule has 10 heteroatoms. The van der Waals surface area contributed by atoms with E-state index in [1.165, 1.54) is 31.4 Å². The molecular weight excluding hydrogens is 386 g/mol. The minimum absolute atomic E-state index is 0.0162. The quantitative estimate of drug-likeness (QED) is 0.651. The van der Waals surface area contributed by atoms with E-state index in [0.29, 0.717) is 0 Å². The number of hydrogen-bond acceptors (Lipinski definition) is 5. The van der Waals surface area contributed by atoms with Crippen LogP contribution in [-0.2, 0) is 21.2 Å². The molecule has 2 aromatic rings. The molecule has 0 fully saturated rings. The van der Waals surface area contributed by atoms with Crippen LogP contribution in [0.3, 0.4) is 0 Å². The number of halogens is 1. The maximum absolute atomic E-state index is 12.7. The lowest BCUT2D eigenvalue weighted by atomic mass is 10.1. The van der Waals surface area contributed by atoms with Crippen molar-refractivity contribution in [3.05, 3.63) is 52.5 Å². The lowest BCUT2D eigenvalue weighted by Crippen LogP contribution is -2.17. The largest absolute Gasteiger partial charge is 0.495 e. The molecular formula is C16H14ClNO7S. The number of carboxylic acids is 2.